The molecule has 3 nitrogen and oxygen atoms in total. The van der Waals surface area contributed by atoms with E-state index in [4.69, 9.17) is 0 Å². The summed E-state index contributed by atoms with van der Waals surface area (Å²) in [6.45, 7) is 7.05. The number of piperidine rings is 1. The highest BCUT2D eigenvalue weighted by molar-refractivity contribution is 7.11. The summed E-state index contributed by atoms with van der Waals surface area (Å²) in [6, 6.07) is 11.0. The molecule has 0 amide bonds. The van der Waals surface area contributed by atoms with E-state index in [1.165, 1.54) is 27.1 Å². The first kappa shape index (κ1) is 20.8. The Labute approximate surface area is 172 Å². The molecule has 1 aliphatic rings. The van der Waals surface area contributed by atoms with Crippen LogP contribution in [0.25, 0.3) is 5.57 Å². The second kappa shape index (κ2) is 10.0. The molecule has 2 heterocycles. The fourth-order valence-electron chi connectivity index (χ4n) is 4.12. The maximum atomic E-state index is 11.3. The minimum absolute atomic E-state index is 0.206. The molecule has 1 saturated heterocycles. The highest BCUT2D eigenvalue weighted by Crippen LogP contribution is 2.33. The molecule has 1 aromatic heterocycles. The molecule has 28 heavy (non-hydrogen) atoms. The zero-order valence-corrected chi connectivity index (χ0v) is 17.8. The molecule has 0 radical (unpaired) electrons. The van der Waals surface area contributed by atoms with Crippen molar-refractivity contribution in [3.63, 3.8) is 0 Å². The van der Waals surface area contributed by atoms with Crippen LogP contribution in [0.3, 0.4) is 0 Å². The first-order chi connectivity index (χ1) is 13.6. The van der Waals surface area contributed by atoms with Gasteiger partial charge in [0.2, 0.25) is 0 Å². The highest BCUT2D eigenvalue weighted by Gasteiger charge is 2.24. The number of hydrogen-bond acceptors (Lipinski definition) is 3. The number of aryl methyl sites for hydroxylation is 2. The van der Waals surface area contributed by atoms with Gasteiger partial charge in [-0.05, 0) is 72.4 Å². The second-order valence-corrected chi connectivity index (χ2v) is 8.44. The van der Waals surface area contributed by atoms with E-state index in [-0.39, 0.29) is 5.92 Å². The molecule has 3 rings (SSSR count). The summed E-state index contributed by atoms with van der Waals surface area (Å²) in [4.78, 5) is 15.0. The summed E-state index contributed by atoms with van der Waals surface area (Å²) in [6.07, 6.45) is 7.18. The number of carboxylic acid groups (broad SMARTS) is 1. The Balaban J connectivity index is 1.82. The maximum absolute atomic E-state index is 11.3. The van der Waals surface area contributed by atoms with E-state index in [2.05, 4.69) is 60.5 Å². The van der Waals surface area contributed by atoms with Crippen LogP contribution in [0.15, 0.2) is 41.8 Å². The summed E-state index contributed by atoms with van der Waals surface area (Å²) >= 11 is 1.83. The minimum atomic E-state index is -0.649. The van der Waals surface area contributed by atoms with Crippen LogP contribution >= 0.6 is 11.3 Å². The van der Waals surface area contributed by atoms with Gasteiger partial charge in [0.25, 0.3) is 0 Å². The van der Waals surface area contributed by atoms with Gasteiger partial charge in [-0.1, -0.05) is 44.2 Å². The normalized spacial score (nSPS) is 18.4. The number of rotatable bonds is 8. The zero-order valence-electron chi connectivity index (χ0n) is 17.0. The van der Waals surface area contributed by atoms with E-state index in [0.717, 1.165) is 45.2 Å². The fraction of sp³-hybridized carbons (Fsp3) is 0.458. The monoisotopic (exact) mass is 397 g/mol. The number of hydrogen-bond donors (Lipinski definition) is 1. The average Bonchev–Trinajstić information content (AvgIpc) is 3.20. The number of carboxylic acids is 1. The summed E-state index contributed by atoms with van der Waals surface area (Å²) in [5.74, 6) is -0.856. The molecule has 2 aromatic rings. The summed E-state index contributed by atoms with van der Waals surface area (Å²) in [5.41, 5.74) is 5.47. The Bertz CT molecular complexity index is 824. The van der Waals surface area contributed by atoms with Crippen LogP contribution in [0.5, 0.6) is 0 Å². The van der Waals surface area contributed by atoms with E-state index >= 15 is 0 Å². The molecule has 1 aromatic carbocycles. The predicted octanol–water partition coefficient (Wildman–Crippen LogP) is 5.49. The second-order valence-electron chi connectivity index (χ2n) is 7.52. The van der Waals surface area contributed by atoms with Crippen molar-refractivity contribution >= 4 is 22.9 Å². The lowest BCUT2D eigenvalue weighted by molar-refractivity contribution is -0.143. The quantitative estimate of drug-likeness (QED) is 0.640. The highest BCUT2D eigenvalue weighted by atomic mass is 32.1. The predicted molar refractivity (Wildman–Crippen MR) is 118 cm³/mol. The molecule has 0 saturated carbocycles. The van der Waals surface area contributed by atoms with Gasteiger partial charge in [-0.25, -0.2) is 0 Å². The average molecular weight is 398 g/mol. The van der Waals surface area contributed by atoms with Gasteiger partial charge in [0.1, 0.15) is 0 Å². The van der Waals surface area contributed by atoms with Crippen LogP contribution < -0.4 is 0 Å². The standard InChI is InChI=1S/C24H31NO2S/c1-3-18-9-5-6-11-21(18)22(23-19(4-2)13-16-28-23)12-8-15-25-14-7-10-20(17-25)24(26)27/h5-6,9,11-13,16,20H,3-4,7-8,10,14-15,17H2,1-2H3,(H,26,27). The molecule has 0 bridgehead atoms. The Morgan fingerprint density at radius 2 is 2.00 bits per heavy atom. The van der Waals surface area contributed by atoms with Crippen LogP contribution in [0.2, 0.25) is 0 Å². The van der Waals surface area contributed by atoms with Crippen LogP contribution in [-0.2, 0) is 17.6 Å². The molecule has 1 aliphatic heterocycles. The van der Waals surface area contributed by atoms with Crippen molar-refractivity contribution in [3.8, 4) is 0 Å². The van der Waals surface area contributed by atoms with E-state index in [1.54, 1.807) is 0 Å². The molecule has 4 heteroatoms. The van der Waals surface area contributed by atoms with Crippen molar-refractivity contribution in [2.24, 2.45) is 5.92 Å². The SMILES string of the molecule is CCc1ccccc1C(=CCCN1CCCC(C(=O)O)C1)c1sccc1CC. The van der Waals surface area contributed by atoms with Gasteiger partial charge in [-0.2, -0.15) is 0 Å². The Morgan fingerprint density at radius 1 is 1.21 bits per heavy atom. The first-order valence-corrected chi connectivity index (χ1v) is 11.3. The van der Waals surface area contributed by atoms with Crippen molar-refractivity contribution in [1.29, 1.82) is 0 Å². The third-order valence-corrected chi connectivity index (χ3v) is 6.70. The molecule has 1 atom stereocenters. The van der Waals surface area contributed by atoms with Gasteiger partial charge in [0.05, 0.1) is 5.92 Å². The molecule has 1 unspecified atom stereocenters. The number of nitrogens with zero attached hydrogens (tertiary/aromatic N) is 1. The van der Waals surface area contributed by atoms with Gasteiger partial charge in [0, 0.05) is 18.0 Å². The smallest absolute Gasteiger partial charge is 0.307 e. The minimum Gasteiger partial charge on any atom is -0.481 e. The number of thiophene rings is 1. The maximum Gasteiger partial charge on any atom is 0.307 e. The van der Waals surface area contributed by atoms with Gasteiger partial charge < -0.3 is 10.0 Å². The Hall–Kier alpha value is -1.91. The van der Waals surface area contributed by atoms with E-state index in [9.17, 15) is 9.90 Å². The third-order valence-electron chi connectivity index (χ3n) is 5.71. The lowest BCUT2D eigenvalue weighted by atomic mass is 9.94. The van der Waals surface area contributed by atoms with Gasteiger partial charge in [-0.15, -0.1) is 11.3 Å². The molecule has 1 fully saturated rings. The number of likely N-dealkylation sites (tertiary alicyclic amines) is 1. The van der Waals surface area contributed by atoms with Crippen LogP contribution in [0.4, 0.5) is 0 Å². The topological polar surface area (TPSA) is 40.5 Å². The molecular formula is C24H31NO2S. The molecular weight excluding hydrogens is 366 g/mol. The summed E-state index contributed by atoms with van der Waals surface area (Å²) in [5, 5.41) is 11.5. The Kier molecular flexibility index (Phi) is 7.46. The van der Waals surface area contributed by atoms with Crippen molar-refractivity contribution < 1.29 is 9.90 Å². The van der Waals surface area contributed by atoms with Crippen LogP contribution in [0.1, 0.15) is 54.7 Å². The van der Waals surface area contributed by atoms with Crippen LogP contribution in [0, 0.1) is 5.92 Å². The number of benzene rings is 1. The Morgan fingerprint density at radius 3 is 2.75 bits per heavy atom. The van der Waals surface area contributed by atoms with Crippen molar-refractivity contribution in [1.82, 2.24) is 4.90 Å². The molecule has 0 aliphatic carbocycles. The third kappa shape index (κ3) is 4.92. The van der Waals surface area contributed by atoms with Gasteiger partial charge >= 0.3 is 5.97 Å². The van der Waals surface area contributed by atoms with Crippen molar-refractivity contribution in [2.75, 3.05) is 19.6 Å². The van der Waals surface area contributed by atoms with Gasteiger partial charge in [-0.3, -0.25) is 4.79 Å². The van der Waals surface area contributed by atoms with Crippen molar-refractivity contribution in [3.05, 3.63) is 63.4 Å². The molecule has 0 spiro atoms. The largest absolute Gasteiger partial charge is 0.481 e. The van der Waals surface area contributed by atoms with Gasteiger partial charge in [0.15, 0.2) is 0 Å². The fourth-order valence-corrected chi connectivity index (χ4v) is 5.17. The lowest BCUT2D eigenvalue weighted by Gasteiger charge is -2.30. The number of aliphatic carboxylic acids is 1. The van der Waals surface area contributed by atoms with E-state index in [0.29, 0.717) is 6.54 Å². The number of carbonyl (C=O) groups is 1. The molecule has 150 valence electrons. The van der Waals surface area contributed by atoms with Crippen LogP contribution in [-0.4, -0.2) is 35.6 Å². The van der Waals surface area contributed by atoms with E-state index in [1.807, 2.05) is 11.3 Å². The zero-order chi connectivity index (χ0) is 19.9. The lowest BCUT2D eigenvalue weighted by Crippen LogP contribution is -2.39. The van der Waals surface area contributed by atoms with Crippen molar-refractivity contribution in [2.45, 2.75) is 46.0 Å². The first-order valence-electron chi connectivity index (χ1n) is 10.4. The van der Waals surface area contributed by atoms with E-state index < -0.39 is 5.97 Å². The summed E-state index contributed by atoms with van der Waals surface area (Å²) in [7, 11) is 0. The summed E-state index contributed by atoms with van der Waals surface area (Å²) < 4.78 is 0. The molecule has 1 N–H and O–H groups in total.